The second-order valence-corrected chi connectivity index (χ2v) is 6.53. The monoisotopic (exact) mass is 269 g/mol. The fourth-order valence-corrected chi connectivity index (χ4v) is 3.21. The van der Waals surface area contributed by atoms with Crippen molar-refractivity contribution < 1.29 is 4.74 Å². The summed E-state index contributed by atoms with van der Waals surface area (Å²) in [5.41, 5.74) is 0. The summed E-state index contributed by atoms with van der Waals surface area (Å²) in [5.74, 6) is 0. The Morgan fingerprint density at radius 1 is 1.11 bits per heavy atom. The summed E-state index contributed by atoms with van der Waals surface area (Å²) in [6, 6.07) is 2.14. The maximum atomic E-state index is 5.44. The van der Waals surface area contributed by atoms with Gasteiger partial charge in [0.2, 0.25) is 0 Å². The van der Waals surface area contributed by atoms with Crippen LogP contribution in [0.2, 0.25) is 0 Å². The highest BCUT2D eigenvalue weighted by Crippen LogP contribution is 2.20. The van der Waals surface area contributed by atoms with Crippen LogP contribution >= 0.6 is 0 Å². The van der Waals surface area contributed by atoms with Gasteiger partial charge in [-0.3, -0.25) is 9.80 Å². The van der Waals surface area contributed by atoms with Gasteiger partial charge in [-0.05, 0) is 47.2 Å². The molecule has 2 saturated heterocycles. The van der Waals surface area contributed by atoms with E-state index in [9.17, 15) is 0 Å². The molecule has 0 aromatic heterocycles. The predicted octanol–water partition coefficient (Wildman–Crippen LogP) is 1.47. The summed E-state index contributed by atoms with van der Waals surface area (Å²) >= 11 is 0. The van der Waals surface area contributed by atoms with E-state index < -0.39 is 0 Å². The van der Waals surface area contributed by atoms with Gasteiger partial charge in [-0.25, -0.2) is 0 Å². The molecular weight excluding hydrogens is 238 g/mol. The zero-order valence-corrected chi connectivity index (χ0v) is 13.1. The first-order chi connectivity index (χ1) is 9.08. The first-order valence-corrected chi connectivity index (χ1v) is 7.80. The molecule has 0 amide bonds. The molecule has 0 N–H and O–H groups in total. The Morgan fingerprint density at radius 3 is 2.32 bits per heavy atom. The first kappa shape index (κ1) is 15.2. The zero-order valence-electron chi connectivity index (χ0n) is 13.1. The topological polar surface area (TPSA) is 19.0 Å². The van der Waals surface area contributed by atoms with Crippen molar-refractivity contribution in [2.45, 2.75) is 51.2 Å². The lowest BCUT2D eigenvalue weighted by atomic mass is 10.1. The summed E-state index contributed by atoms with van der Waals surface area (Å²) in [6.45, 7) is 10.1. The quantitative estimate of drug-likeness (QED) is 0.727. The van der Waals surface area contributed by atoms with Gasteiger partial charge in [0.25, 0.3) is 0 Å². The van der Waals surface area contributed by atoms with Crippen LogP contribution in [0.5, 0.6) is 0 Å². The van der Waals surface area contributed by atoms with Crippen molar-refractivity contribution in [3.05, 3.63) is 0 Å². The minimum Gasteiger partial charge on any atom is -0.365 e. The van der Waals surface area contributed by atoms with E-state index in [2.05, 4.69) is 42.6 Å². The summed E-state index contributed by atoms with van der Waals surface area (Å²) in [4.78, 5) is 7.49. The molecule has 0 radical (unpaired) electrons. The van der Waals surface area contributed by atoms with Crippen molar-refractivity contribution in [3.8, 4) is 0 Å². The van der Waals surface area contributed by atoms with Gasteiger partial charge >= 0.3 is 0 Å². The van der Waals surface area contributed by atoms with E-state index in [4.69, 9.17) is 4.74 Å². The van der Waals surface area contributed by atoms with Gasteiger partial charge in [-0.2, -0.15) is 0 Å². The molecule has 3 unspecified atom stereocenters. The van der Waals surface area contributed by atoms with Crippen LogP contribution in [0.25, 0.3) is 0 Å². The average Bonchev–Trinajstić information content (AvgIpc) is 3.05. The number of nitrogens with zero attached hydrogens (tertiary/aromatic N) is 3. The molecule has 112 valence electrons. The van der Waals surface area contributed by atoms with Crippen LogP contribution in [0.15, 0.2) is 0 Å². The molecule has 2 aliphatic rings. The molecule has 19 heavy (non-hydrogen) atoms. The molecular formula is C15H31N3O. The molecule has 0 aromatic rings. The standard InChI is InChI=1S/C15H31N3O/c1-13(17-8-7-15(11-17)16(3)4)5-6-14(2)18-9-10-19-12-18/h13-15H,5-12H2,1-4H3. The molecule has 4 heteroatoms. The largest absolute Gasteiger partial charge is 0.365 e. The SMILES string of the molecule is CC(CCC(C)N1CCC(N(C)C)C1)N1CCOC1. The molecule has 0 aliphatic carbocycles. The van der Waals surface area contributed by atoms with Gasteiger partial charge in [0.1, 0.15) is 0 Å². The van der Waals surface area contributed by atoms with E-state index in [-0.39, 0.29) is 0 Å². The van der Waals surface area contributed by atoms with E-state index in [1.165, 1.54) is 32.4 Å². The highest BCUT2D eigenvalue weighted by molar-refractivity contribution is 4.84. The Labute approximate surface area is 118 Å². The molecule has 2 fully saturated rings. The molecule has 2 rings (SSSR count). The molecule has 2 aliphatic heterocycles. The van der Waals surface area contributed by atoms with Crippen LogP contribution < -0.4 is 0 Å². The highest BCUT2D eigenvalue weighted by Gasteiger charge is 2.27. The second kappa shape index (κ2) is 7.02. The molecule has 4 nitrogen and oxygen atoms in total. The van der Waals surface area contributed by atoms with E-state index in [0.717, 1.165) is 32.0 Å². The first-order valence-electron chi connectivity index (χ1n) is 7.80. The van der Waals surface area contributed by atoms with Crippen LogP contribution in [0.4, 0.5) is 0 Å². The maximum absolute atomic E-state index is 5.44. The normalized spacial score (nSPS) is 29.2. The minimum atomic E-state index is 0.664. The zero-order chi connectivity index (χ0) is 13.8. The van der Waals surface area contributed by atoms with Gasteiger partial charge < -0.3 is 9.64 Å². The predicted molar refractivity (Wildman–Crippen MR) is 79.3 cm³/mol. The van der Waals surface area contributed by atoms with Crippen LogP contribution in [0.1, 0.15) is 33.1 Å². The number of rotatable bonds is 6. The summed E-state index contributed by atoms with van der Waals surface area (Å²) in [5, 5.41) is 0. The van der Waals surface area contributed by atoms with E-state index in [1.807, 2.05) is 0 Å². The molecule has 0 aromatic carbocycles. The average molecular weight is 269 g/mol. The van der Waals surface area contributed by atoms with Crippen molar-refractivity contribution in [1.82, 2.24) is 14.7 Å². The van der Waals surface area contributed by atoms with Crippen molar-refractivity contribution in [2.75, 3.05) is 47.1 Å². The van der Waals surface area contributed by atoms with E-state index >= 15 is 0 Å². The lowest BCUT2D eigenvalue weighted by molar-refractivity contribution is 0.111. The molecule has 2 heterocycles. The smallest absolute Gasteiger partial charge is 0.0993 e. The number of hydrogen-bond acceptors (Lipinski definition) is 4. The van der Waals surface area contributed by atoms with Gasteiger partial charge in [0.05, 0.1) is 13.3 Å². The van der Waals surface area contributed by atoms with Crippen molar-refractivity contribution in [3.63, 3.8) is 0 Å². The molecule has 0 spiro atoms. The highest BCUT2D eigenvalue weighted by atomic mass is 16.5. The Kier molecular flexibility index (Phi) is 5.63. The van der Waals surface area contributed by atoms with Gasteiger partial charge in [-0.1, -0.05) is 0 Å². The Balaban J connectivity index is 1.68. The van der Waals surface area contributed by atoms with Crippen molar-refractivity contribution >= 4 is 0 Å². The molecule has 0 bridgehead atoms. The van der Waals surface area contributed by atoms with Crippen LogP contribution in [-0.2, 0) is 4.74 Å². The van der Waals surface area contributed by atoms with Crippen molar-refractivity contribution in [2.24, 2.45) is 0 Å². The number of ether oxygens (including phenoxy) is 1. The number of hydrogen-bond donors (Lipinski definition) is 0. The Bertz CT molecular complexity index is 266. The van der Waals surface area contributed by atoms with Gasteiger partial charge in [0.15, 0.2) is 0 Å². The molecule has 3 atom stereocenters. The summed E-state index contributed by atoms with van der Waals surface area (Å²) < 4.78 is 5.44. The fraction of sp³-hybridized carbons (Fsp3) is 1.00. The summed E-state index contributed by atoms with van der Waals surface area (Å²) in [7, 11) is 4.41. The summed E-state index contributed by atoms with van der Waals surface area (Å²) in [6.07, 6.45) is 3.92. The third kappa shape index (κ3) is 4.15. The van der Waals surface area contributed by atoms with Crippen LogP contribution in [-0.4, -0.2) is 79.9 Å². The number of likely N-dealkylation sites (N-methyl/N-ethyl adjacent to an activating group) is 1. The van der Waals surface area contributed by atoms with Crippen molar-refractivity contribution in [1.29, 1.82) is 0 Å². The Morgan fingerprint density at radius 2 is 1.79 bits per heavy atom. The van der Waals surface area contributed by atoms with E-state index in [0.29, 0.717) is 6.04 Å². The van der Waals surface area contributed by atoms with Gasteiger partial charge in [0, 0.05) is 37.8 Å². The maximum Gasteiger partial charge on any atom is 0.0993 e. The Hall–Kier alpha value is -0.160. The molecule has 0 saturated carbocycles. The lowest BCUT2D eigenvalue weighted by Crippen LogP contribution is -2.37. The van der Waals surface area contributed by atoms with Crippen LogP contribution in [0, 0.1) is 0 Å². The third-order valence-corrected chi connectivity index (χ3v) is 4.95. The fourth-order valence-electron chi connectivity index (χ4n) is 3.21. The van der Waals surface area contributed by atoms with Gasteiger partial charge in [-0.15, -0.1) is 0 Å². The lowest BCUT2D eigenvalue weighted by Gasteiger charge is -2.28. The van der Waals surface area contributed by atoms with Crippen LogP contribution in [0.3, 0.4) is 0 Å². The second-order valence-electron chi connectivity index (χ2n) is 6.53. The van der Waals surface area contributed by atoms with E-state index in [1.54, 1.807) is 0 Å². The minimum absolute atomic E-state index is 0.664. The third-order valence-electron chi connectivity index (χ3n) is 4.95. The number of likely N-dealkylation sites (tertiary alicyclic amines) is 1.